The van der Waals surface area contributed by atoms with Crippen LogP contribution in [0.25, 0.3) is 0 Å². The van der Waals surface area contributed by atoms with Gasteiger partial charge in [-0.2, -0.15) is 0 Å². The Kier molecular flexibility index (Phi) is 3.84. The molecule has 1 radical (unpaired) electrons. The van der Waals surface area contributed by atoms with Crippen LogP contribution in [0.15, 0.2) is 24.3 Å². The van der Waals surface area contributed by atoms with Crippen molar-refractivity contribution in [1.29, 1.82) is 0 Å². The first-order valence-electron chi connectivity index (χ1n) is 5.96. The molecule has 0 aliphatic carbocycles. The number of benzene rings is 1. The van der Waals surface area contributed by atoms with Crippen LogP contribution in [0.1, 0.15) is 11.3 Å². The summed E-state index contributed by atoms with van der Waals surface area (Å²) in [5.41, 5.74) is 1.91. The van der Waals surface area contributed by atoms with E-state index < -0.39 is 4.92 Å². The van der Waals surface area contributed by atoms with Crippen LogP contribution in [0, 0.1) is 30.0 Å². The number of nitro groups is 1. The highest BCUT2D eigenvalue weighted by Gasteiger charge is 2.19. The zero-order chi connectivity index (χ0) is 14.7. The number of nitrogens with one attached hydrogen (secondary N) is 1. The molecule has 6 nitrogen and oxygen atoms in total. The van der Waals surface area contributed by atoms with Gasteiger partial charge in [0.15, 0.2) is 0 Å². The number of anilines is 2. The minimum Gasteiger partial charge on any atom is -0.496 e. The molecule has 103 valence electrons. The highest BCUT2D eigenvalue weighted by molar-refractivity contribution is 5.68. The van der Waals surface area contributed by atoms with Gasteiger partial charge >= 0.3 is 5.69 Å². The van der Waals surface area contributed by atoms with Gasteiger partial charge in [-0.05, 0) is 32.0 Å². The van der Waals surface area contributed by atoms with E-state index in [9.17, 15) is 10.1 Å². The Labute approximate surface area is 116 Å². The van der Waals surface area contributed by atoms with E-state index in [4.69, 9.17) is 4.74 Å². The molecule has 2 aromatic rings. The third-order valence-electron chi connectivity index (χ3n) is 2.75. The maximum atomic E-state index is 11.2. The average Bonchev–Trinajstić information content (AvgIpc) is 2.37. The van der Waals surface area contributed by atoms with E-state index in [-0.39, 0.29) is 11.5 Å². The van der Waals surface area contributed by atoms with Crippen molar-refractivity contribution in [1.82, 2.24) is 4.98 Å². The predicted octanol–water partition coefficient (Wildman–Crippen LogP) is 3.16. The van der Waals surface area contributed by atoms with Gasteiger partial charge in [0.05, 0.1) is 12.0 Å². The van der Waals surface area contributed by atoms with Crippen LogP contribution in [0.2, 0.25) is 0 Å². The molecule has 0 atom stereocenters. The molecule has 2 rings (SSSR count). The SMILES string of the molecule is COc1[c]ccc(Nc2nc(C)cc(C)c2[N+](=O)[O-])c1. The van der Waals surface area contributed by atoms with Gasteiger partial charge in [-0.1, -0.05) is 0 Å². The molecular weight excluding hydrogens is 258 g/mol. The summed E-state index contributed by atoms with van der Waals surface area (Å²) in [6.45, 7) is 3.48. The van der Waals surface area contributed by atoms with Crippen LogP contribution < -0.4 is 10.1 Å². The Bertz CT molecular complexity index is 656. The van der Waals surface area contributed by atoms with Crippen LogP contribution in [-0.2, 0) is 0 Å². The molecule has 0 spiro atoms. The van der Waals surface area contributed by atoms with Crippen molar-refractivity contribution >= 4 is 17.2 Å². The van der Waals surface area contributed by atoms with Crippen LogP contribution in [0.3, 0.4) is 0 Å². The normalized spacial score (nSPS) is 10.2. The maximum absolute atomic E-state index is 11.2. The van der Waals surface area contributed by atoms with Crippen molar-refractivity contribution in [3.05, 3.63) is 51.7 Å². The molecule has 1 aromatic heterocycles. The lowest BCUT2D eigenvalue weighted by molar-refractivity contribution is -0.384. The molecule has 0 aliphatic rings. The van der Waals surface area contributed by atoms with Gasteiger partial charge in [0.1, 0.15) is 5.75 Å². The van der Waals surface area contributed by atoms with Crippen molar-refractivity contribution in [3.8, 4) is 5.75 Å². The first kappa shape index (κ1) is 13.8. The summed E-state index contributed by atoms with van der Waals surface area (Å²) in [7, 11) is 1.53. The summed E-state index contributed by atoms with van der Waals surface area (Å²) >= 11 is 0. The molecule has 0 fully saturated rings. The number of nitrogens with zero attached hydrogens (tertiary/aromatic N) is 2. The molecule has 0 saturated carbocycles. The molecule has 0 unspecified atom stereocenters. The molecule has 0 amide bonds. The first-order valence-corrected chi connectivity index (χ1v) is 5.96. The maximum Gasteiger partial charge on any atom is 0.314 e. The van der Waals surface area contributed by atoms with Gasteiger partial charge < -0.3 is 10.1 Å². The number of hydrogen-bond donors (Lipinski definition) is 1. The second kappa shape index (κ2) is 5.56. The number of ether oxygens (including phenoxy) is 1. The fraction of sp³-hybridized carbons (Fsp3) is 0.214. The van der Waals surface area contributed by atoms with Crippen LogP contribution >= 0.6 is 0 Å². The number of methoxy groups -OCH3 is 1. The van der Waals surface area contributed by atoms with Crippen molar-refractivity contribution in [2.24, 2.45) is 0 Å². The van der Waals surface area contributed by atoms with Crippen LogP contribution in [0.4, 0.5) is 17.2 Å². The fourth-order valence-electron chi connectivity index (χ4n) is 1.92. The lowest BCUT2D eigenvalue weighted by Crippen LogP contribution is -2.03. The second-order valence-electron chi connectivity index (χ2n) is 4.31. The topological polar surface area (TPSA) is 77.3 Å². The Morgan fingerprint density at radius 3 is 2.80 bits per heavy atom. The fourth-order valence-corrected chi connectivity index (χ4v) is 1.92. The van der Waals surface area contributed by atoms with Gasteiger partial charge in [-0.25, -0.2) is 4.98 Å². The minimum absolute atomic E-state index is 0.0256. The number of aromatic nitrogens is 1. The van der Waals surface area contributed by atoms with E-state index in [1.807, 2.05) is 0 Å². The number of hydrogen-bond acceptors (Lipinski definition) is 5. The van der Waals surface area contributed by atoms with Crippen molar-refractivity contribution in [2.75, 3.05) is 12.4 Å². The average molecular weight is 272 g/mol. The molecule has 20 heavy (non-hydrogen) atoms. The summed E-state index contributed by atoms with van der Waals surface area (Å²) < 4.78 is 5.07. The molecule has 1 heterocycles. The number of aryl methyl sites for hydroxylation is 2. The predicted molar refractivity (Wildman–Crippen MR) is 75.5 cm³/mol. The lowest BCUT2D eigenvalue weighted by atomic mass is 10.2. The van der Waals surface area contributed by atoms with Crippen molar-refractivity contribution in [2.45, 2.75) is 13.8 Å². The Balaban J connectivity index is 2.44. The van der Waals surface area contributed by atoms with Gasteiger partial charge in [0, 0.05) is 29.1 Å². The highest BCUT2D eigenvalue weighted by atomic mass is 16.6. The highest BCUT2D eigenvalue weighted by Crippen LogP contribution is 2.30. The molecule has 0 aliphatic heterocycles. The van der Waals surface area contributed by atoms with Crippen molar-refractivity contribution in [3.63, 3.8) is 0 Å². The lowest BCUT2D eigenvalue weighted by Gasteiger charge is -2.09. The first-order chi connectivity index (χ1) is 9.51. The third kappa shape index (κ3) is 2.85. The summed E-state index contributed by atoms with van der Waals surface area (Å²) in [5, 5.41) is 14.1. The zero-order valence-corrected chi connectivity index (χ0v) is 11.4. The summed E-state index contributed by atoms with van der Waals surface area (Å²) in [6.07, 6.45) is 0. The monoisotopic (exact) mass is 272 g/mol. The van der Waals surface area contributed by atoms with Crippen LogP contribution in [0.5, 0.6) is 5.75 Å². The largest absolute Gasteiger partial charge is 0.496 e. The van der Waals surface area contributed by atoms with Gasteiger partial charge in [0.25, 0.3) is 0 Å². The Hall–Kier alpha value is -2.63. The minimum atomic E-state index is -0.434. The zero-order valence-electron chi connectivity index (χ0n) is 11.4. The summed E-state index contributed by atoms with van der Waals surface area (Å²) in [4.78, 5) is 14.9. The molecule has 0 saturated heterocycles. The Morgan fingerprint density at radius 1 is 1.40 bits per heavy atom. The van der Waals surface area contributed by atoms with Crippen LogP contribution in [-0.4, -0.2) is 17.0 Å². The van der Waals surface area contributed by atoms with E-state index in [2.05, 4.69) is 16.4 Å². The van der Waals surface area contributed by atoms with Gasteiger partial charge in [-0.15, -0.1) is 0 Å². The molecule has 1 aromatic carbocycles. The van der Waals surface area contributed by atoms with E-state index in [1.165, 1.54) is 7.11 Å². The summed E-state index contributed by atoms with van der Waals surface area (Å²) in [5.74, 6) is 0.766. The van der Waals surface area contributed by atoms with Gasteiger partial charge in [0.2, 0.25) is 5.82 Å². The summed E-state index contributed by atoms with van der Waals surface area (Å²) in [6, 6.07) is 9.69. The Morgan fingerprint density at radius 2 is 2.15 bits per heavy atom. The van der Waals surface area contributed by atoms with E-state index in [0.29, 0.717) is 22.7 Å². The number of rotatable bonds is 4. The van der Waals surface area contributed by atoms with E-state index >= 15 is 0 Å². The molecule has 1 N–H and O–H groups in total. The molecular formula is C14H14N3O3. The quantitative estimate of drug-likeness (QED) is 0.683. The standard InChI is InChI=1S/C14H14N3O3/c1-9-7-10(2)15-14(13(9)17(18)19)16-11-5-4-6-12(8-11)20-3/h4-5,7-8H,1-3H3,(H,15,16). The van der Waals surface area contributed by atoms with E-state index in [0.717, 1.165) is 0 Å². The van der Waals surface area contributed by atoms with Crippen molar-refractivity contribution < 1.29 is 9.66 Å². The number of pyridine rings is 1. The van der Waals surface area contributed by atoms with E-state index in [1.54, 1.807) is 38.1 Å². The third-order valence-corrected chi connectivity index (χ3v) is 2.75. The smallest absolute Gasteiger partial charge is 0.314 e. The molecule has 6 heteroatoms. The van der Waals surface area contributed by atoms with Gasteiger partial charge in [-0.3, -0.25) is 10.1 Å². The second-order valence-corrected chi connectivity index (χ2v) is 4.31. The molecule has 0 bridgehead atoms.